The topological polar surface area (TPSA) is 55.9 Å². The lowest BCUT2D eigenvalue weighted by atomic mass is 10.2. The summed E-state index contributed by atoms with van der Waals surface area (Å²) in [5.74, 6) is 0.921. The molecule has 0 bridgehead atoms. The maximum atomic E-state index is 6.12. The van der Waals surface area contributed by atoms with Crippen molar-refractivity contribution in [3.63, 3.8) is 0 Å². The number of anilines is 2. The monoisotopic (exact) mass is 264 g/mol. The summed E-state index contributed by atoms with van der Waals surface area (Å²) in [7, 11) is 1.93. The minimum absolute atomic E-state index is 0.785. The summed E-state index contributed by atoms with van der Waals surface area (Å²) in [6.07, 6.45) is 1.99. The molecule has 2 aromatic rings. The number of rotatable bonds is 5. The molecule has 3 N–H and O–H groups in total. The second kappa shape index (κ2) is 5.44. The number of nitrogens with two attached hydrogens (primary N) is 1. The van der Waals surface area contributed by atoms with Crippen molar-refractivity contribution >= 4 is 22.8 Å². The van der Waals surface area contributed by atoms with Crippen LogP contribution in [0.5, 0.6) is 0 Å². The first-order chi connectivity index (χ1) is 8.61. The standard InChI is InChI=1S/C13H20N4S/c1-4-5-11-12(14)13(17(3)16-11)15-8-10-7-6-9(2)18-10/h6-7,15H,4-5,8,14H2,1-3H3. The zero-order chi connectivity index (χ0) is 13.1. The Hall–Kier alpha value is -1.49. The number of nitrogens with zero attached hydrogens (tertiary/aromatic N) is 2. The highest BCUT2D eigenvalue weighted by molar-refractivity contribution is 7.11. The Kier molecular flexibility index (Phi) is 3.91. The predicted molar refractivity (Wildman–Crippen MR) is 78.0 cm³/mol. The number of aryl methyl sites for hydroxylation is 3. The fraction of sp³-hybridized carbons (Fsp3) is 0.462. The van der Waals surface area contributed by atoms with E-state index >= 15 is 0 Å². The highest BCUT2D eigenvalue weighted by Crippen LogP contribution is 2.24. The zero-order valence-electron chi connectivity index (χ0n) is 11.2. The second-order valence-electron chi connectivity index (χ2n) is 4.45. The van der Waals surface area contributed by atoms with Crippen LogP contribution in [0.2, 0.25) is 0 Å². The van der Waals surface area contributed by atoms with Crippen molar-refractivity contribution in [1.82, 2.24) is 9.78 Å². The lowest BCUT2D eigenvalue weighted by Crippen LogP contribution is -2.05. The molecule has 0 saturated carbocycles. The van der Waals surface area contributed by atoms with Gasteiger partial charge in [0.05, 0.1) is 17.9 Å². The number of nitrogen functional groups attached to an aromatic ring is 1. The molecule has 18 heavy (non-hydrogen) atoms. The Bertz CT molecular complexity index is 527. The molecule has 98 valence electrons. The van der Waals surface area contributed by atoms with Crippen molar-refractivity contribution in [2.45, 2.75) is 33.2 Å². The summed E-state index contributed by atoms with van der Waals surface area (Å²) in [4.78, 5) is 2.64. The molecule has 0 aliphatic carbocycles. The fourth-order valence-electron chi connectivity index (χ4n) is 1.98. The van der Waals surface area contributed by atoms with Gasteiger partial charge in [-0.1, -0.05) is 13.3 Å². The van der Waals surface area contributed by atoms with Gasteiger partial charge in [-0.15, -0.1) is 11.3 Å². The van der Waals surface area contributed by atoms with Crippen molar-refractivity contribution in [1.29, 1.82) is 0 Å². The van der Waals surface area contributed by atoms with E-state index in [1.807, 2.05) is 11.7 Å². The molecule has 2 rings (SSSR count). The first-order valence-electron chi connectivity index (χ1n) is 6.22. The van der Waals surface area contributed by atoms with Gasteiger partial charge in [-0.25, -0.2) is 0 Å². The van der Waals surface area contributed by atoms with Crippen LogP contribution in [-0.4, -0.2) is 9.78 Å². The third kappa shape index (κ3) is 2.67. The molecule has 0 unspecified atom stereocenters. The third-order valence-corrected chi connectivity index (χ3v) is 3.87. The molecule has 0 radical (unpaired) electrons. The molecule has 4 nitrogen and oxygen atoms in total. The van der Waals surface area contributed by atoms with Gasteiger partial charge in [-0.2, -0.15) is 5.10 Å². The average molecular weight is 264 g/mol. The van der Waals surface area contributed by atoms with Gasteiger partial charge in [0.15, 0.2) is 0 Å². The molecule has 0 atom stereocenters. The minimum Gasteiger partial charge on any atom is -0.394 e. The van der Waals surface area contributed by atoms with E-state index < -0.39 is 0 Å². The van der Waals surface area contributed by atoms with Crippen LogP contribution in [0.25, 0.3) is 0 Å². The molecule has 0 fully saturated rings. The number of thiophene rings is 1. The van der Waals surface area contributed by atoms with Crippen LogP contribution in [0.3, 0.4) is 0 Å². The fourth-order valence-corrected chi connectivity index (χ4v) is 2.81. The number of hydrogen-bond donors (Lipinski definition) is 2. The van der Waals surface area contributed by atoms with E-state index in [1.54, 1.807) is 11.3 Å². The maximum Gasteiger partial charge on any atom is 0.148 e. The van der Waals surface area contributed by atoms with Gasteiger partial charge in [-0.05, 0) is 25.5 Å². The van der Waals surface area contributed by atoms with Crippen molar-refractivity contribution in [3.8, 4) is 0 Å². The highest BCUT2D eigenvalue weighted by Gasteiger charge is 2.12. The van der Waals surface area contributed by atoms with Crippen molar-refractivity contribution in [2.24, 2.45) is 7.05 Å². The Morgan fingerprint density at radius 2 is 2.22 bits per heavy atom. The average Bonchev–Trinajstić information content (AvgIpc) is 2.84. The summed E-state index contributed by atoms with van der Waals surface area (Å²) in [6, 6.07) is 4.28. The Morgan fingerprint density at radius 1 is 1.44 bits per heavy atom. The highest BCUT2D eigenvalue weighted by atomic mass is 32.1. The van der Waals surface area contributed by atoms with Crippen LogP contribution in [0.1, 0.15) is 28.8 Å². The minimum atomic E-state index is 0.785. The van der Waals surface area contributed by atoms with Gasteiger partial charge >= 0.3 is 0 Å². The van der Waals surface area contributed by atoms with E-state index in [0.29, 0.717) is 0 Å². The largest absolute Gasteiger partial charge is 0.394 e. The van der Waals surface area contributed by atoms with Crippen LogP contribution in [0.4, 0.5) is 11.5 Å². The molecule has 0 amide bonds. The van der Waals surface area contributed by atoms with Crippen molar-refractivity contribution in [3.05, 3.63) is 27.6 Å². The lowest BCUT2D eigenvalue weighted by molar-refractivity contribution is 0.735. The predicted octanol–water partition coefficient (Wildman–Crippen LogP) is 2.94. The lowest BCUT2D eigenvalue weighted by Gasteiger charge is -2.06. The summed E-state index contributed by atoms with van der Waals surface area (Å²) in [6.45, 7) is 5.05. The smallest absolute Gasteiger partial charge is 0.148 e. The Balaban J connectivity index is 2.09. The van der Waals surface area contributed by atoms with Gasteiger partial charge < -0.3 is 11.1 Å². The van der Waals surface area contributed by atoms with Crippen LogP contribution >= 0.6 is 11.3 Å². The molecular formula is C13H20N4S. The van der Waals surface area contributed by atoms with E-state index in [0.717, 1.165) is 36.6 Å². The van der Waals surface area contributed by atoms with Crippen LogP contribution < -0.4 is 11.1 Å². The summed E-state index contributed by atoms with van der Waals surface area (Å²) >= 11 is 1.80. The van der Waals surface area contributed by atoms with E-state index in [2.05, 4.69) is 36.4 Å². The van der Waals surface area contributed by atoms with Gasteiger partial charge in [0.2, 0.25) is 0 Å². The van der Waals surface area contributed by atoms with Gasteiger partial charge in [0.1, 0.15) is 5.82 Å². The summed E-state index contributed by atoms with van der Waals surface area (Å²) in [5.41, 5.74) is 7.89. The number of nitrogens with one attached hydrogen (secondary N) is 1. The summed E-state index contributed by atoms with van der Waals surface area (Å²) in [5, 5.41) is 7.83. The molecule has 2 aromatic heterocycles. The Labute approximate surface area is 112 Å². The molecule has 0 aliphatic heterocycles. The van der Waals surface area contributed by atoms with Crippen molar-refractivity contribution in [2.75, 3.05) is 11.1 Å². The van der Waals surface area contributed by atoms with Crippen LogP contribution in [0, 0.1) is 6.92 Å². The van der Waals surface area contributed by atoms with E-state index in [9.17, 15) is 0 Å². The van der Waals surface area contributed by atoms with Gasteiger partial charge in [0, 0.05) is 16.8 Å². The molecule has 0 aromatic carbocycles. The van der Waals surface area contributed by atoms with E-state index in [1.165, 1.54) is 9.75 Å². The second-order valence-corrected chi connectivity index (χ2v) is 5.82. The molecule has 0 saturated heterocycles. The first kappa shape index (κ1) is 13.0. The molecule has 0 aliphatic rings. The van der Waals surface area contributed by atoms with E-state index in [4.69, 9.17) is 5.73 Å². The number of aromatic nitrogens is 2. The van der Waals surface area contributed by atoms with Gasteiger partial charge in [0.25, 0.3) is 0 Å². The molecule has 5 heteroatoms. The van der Waals surface area contributed by atoms with E-state index in [-0.39, 0.29) is 0 Å². The van der Waals surface area contributed by atoms with Gasteiger partial charge in [-0.3, -0.25) is 4.68 Å². The zero-order valence-corrected chi connectivity index (χ0v) is 12.0. The summed E-state index contributed by atoms with van der Waals surface area (Å²) < 4.78 is 1.83. The Morgan fingerprint density at radius 3 is 2.83 bits per heavy atom. The molecular weight excluding hydrogens is 244 g/mol. The third-order valence-electron chi connectivity index (χ3n) is 2.87. The normalized spacial score (nSPS) is 10.8. The maximum absolute atomic E-state index is 6.12. The van der Waals surface area contributed by atoms with Crippen molar-refractivity contribution < 1.29 is 0 Å². The first-order valence-corrected chi connectivity index (χ1v) is 7.04. The number of hydrogen-bond acceptors (Lipinski definition) is 4. The van der Waals surface area contributed by atoms with Crippen LogP contribution in [0.15, 0.2) is 12.1 Å². The quantitative estimate of drug-likeness (QED) is 0.873. The SMILES string of the molecule is CCCc1nn(C)c(NCc2ccc(C)s2)c1N. The molecule has 0 spiro atoms. The molecule has 2 heterocycles. The van der Waals surface area contributed by atoms with Crippen LogP contribution in [-0.2, 0) is 20.0 Å².